The quantitative estimate of drug-likeness (QED) is 0.394. The number of aryl methyl sites for hydroxylation is 1. The number of benzene rings is 3. The van der Waals surface area contributed by atoms with Gasteiger partial charge in [0.2, 0.25) is 15.9 Å². The first-order valence-corrected chi connectivity index (χ1v) is 14.3. The molecule has 3 aromatic rings. The number of hydrogen-bond donors (Lipinski definition) is 1. The van der Waals surface area contributed by atoms with Gasteiger partial charge in [0.1, 0.15) is 5.75 Å². The Hall–Kier alpha value is -3.16. The third-order valence-electron chi connectivity index (χ3n) is 7.44. The van der Waals surface area contributed by atoms with Crippen molar-refractivity contribution in [3.05, 3.63) is 95.6 Å². The first-order valence-electron chi connectivity index (χ1n) is 12.8. The smallest absolute Gasteiger partial charge is 0.243 e. The molecule has 0 radical (unpaired) electrons. The minimum Gasteiger partial charge on any atom is -0.497 e. The summed E-state index contributed by atoms with van der Waals surface area (Å²) < 4.78 is 34.3. The molecule has 6 nitrogen and oxygen atoms in total. The van der Waals surface area contributed by atoms with Crippen molar-refractivity contribution < 1.29 is 17.9 Å². The van der Waals surface area contributed by atoms with E-state index >= 15 is 0 Å². The summed E-state index contributed by atoms with van der Waals surface area (Å²) in [6.07, 6.45) is 3.37. The SMILES string of the molecule is COc1cccc(CN(CC2CCC(C(C(N)=O)c3ccc(C)cc3)CC2)S(=O)(=O)c2ccccc2)c1. The van der Waals surface area contributed by atoms with Crippen molar-refractivity contribution in [2.45, 2.75) is 50.0 Å². The molecule has 0 aliphatic heterocycles. The minimum atomic E-state index is -3.69. The lowest BCUT2D eigenvalue weighted by Gasteiger charge is -2.35. The molecule has 0 heterocycles. The molecule has 1 aliphatic rings. The van der Waals surface area contributed by atoms with Crippen molar-refractivity contribution in [3.63, 3.8) is 0 Å². The highest BCUT2D eigenvalue weighted by molar-refractivity contribution is 7.89. The van der Waals surface area contributed by atoms with Gasteiger partial charge in [0.05, 0.1) is 17.9 Å². The number of carbonyl (C=O) groups is 1. The zero-order valence-electron chi connectivity index (χ0n) is 21.5. The van der Waals surface area contributed by atoms with E-state index in [9.17, 15) is 13.2 Å². The minimum absolute atomic E-state index is 0.161. The van der Waals surface area contributed by atoms with Crippen LogP contribution in [0.4, 0.5) is 0 Å². The molecule has 1 unspecified atom stereocenters. The zero-order chi connectivity index (χ0) is 26.4. The summed E-state index contributed by atoms with van der Waals surface area (Å²) in [5.41, 5.74) is 8.83. The maximum atomic E-state index is 13.7. The standard InChI is InChI=1S/C30H36N2O4S/c1-22-11-15-25(16-12-22)29(30(31)33)26-17-13-23(14-18-26)20-32(21-24-7-6-8-27(19-24)36-2)37(34,35)28-9-4-3-5-10-28/h3-12,15-16,19,23,26,29H,13-14,17-18,20-21H2,1-2H3,(H2,31,33). The van der Waals surface area contributed by atoms with Gasteiger partial charge in [-0.1, -0.05) is 60.2 Å². The van der Waals surface area contributed by atoms with E-state index in [1.165, 1.54) is 0 Å². The van der Waals surface area contributed by atoms with Crippen LogP contribution in [0.5, 0.6) is 5.75 Å². The molecule has 0 aromatic heterocycles. The molecule has 196 valence electrons. The van der Waals surface area contributed by atoms with Crippen molar-refractivity contribution in [3.8, 4) is 5.75 Å². The first kappa shape index (κ1) is 26.9. The van der Waals surface area contributed by atoms with Gasteiger partial charge in [0.15, 0.2) is 0 Å². The third-order valence-corrected chi connectivity index (χ3v) is 9.27. The van der Waals surface area contributed by atoms with E-state index in [4.69, 9.17) is 10.5 Å². The molecule has 1 aliphatic carbocycles. The lowest BCUT2D eigenvalue weighted by Crippen LogP contribution is -2.37. The number of nitrogens with two attached hydrogens (primary N) is 1. The number of nitrogens with zero attached hydrogens (tertiary/aromatic N) is 1. The fraction of sp³-hybridized carbons (Fsp3) is 0.367. The van der Waals surface area contributed by atoms with Gasteiger partial charge in [-0.2, -0.15) is 4.31 Å². The molecule has 3 aromatic carbocycles. The Morgan fingerprint density at radius 3 is 2.27 bits per heavy atom. The highest BCUT2D eigenvalue weighted by atomic mass is 32.2. The van der Waals surface area contributed by atoms with Crippen LogP contribution in [0.1, 0.15) is 48.3 Å². The summed E-state index contributed by atoms with van der Waals surface area (Å²) in [7, 11) is -2.09. The van der Waals surface area contributed by atoms with E-state index in [0.717, 1.165) is 42.4 Å². The van der Waals surface area contributed by atoms with E-state index < -0.39 is 10.0 Å². The Morgan fingerprint density at radius 1 is 0.973 bits per heavy atom. The summed E-state index contributed by atoms with van der Waals surface area (Å²) in [6.45, 7) is 2.71. The van der Waals surface area contributed by atoms with Crippen LogP contribution in [0.3, 0.4) is 0 Å². The van der Waals surface area contributed by atoms with E-state index in [0.29, 0.717) is 17.2 Å². The van der Waals surface area contributed by atoms with Crippen LogP contribution >= 0.6 is 0 Å². The van der Waals surface area contributed by atoms with E-state index in [1.807, 2.05) is 61.5 Å². The highest BCUT2D eigenvalue weighted by Crippen LogP contribution is 2.39. The number of hydrogen-bond acceptors (Lipinski definition) is 4. The van der Waals surface area contributed by atoms with Crippen molar-refractivity contribution in [2.75, 3.05) is 13.7 Å². The third kappa shape index (κ3) is 6.59. The second-order valence-corrected chi connectivity index (χ2v) is 12.0. The molecule has 0 saturated heterocycles. The Balaban J connectivity index is 1.51. The molecule has 0 bridgehead atoms. The fourth-order valence-electron chi connectivity index (χ4n) is 5.40. The zero-order valence-corrected chi connectivity index (χ0v) is 22.4. The Kier molecular flexibility index (Phi) is 8.67. The predicted octanol–water partition coefficient (Wildman–Crippen LogP) is 5.27. The van der Waals surface area contributed by atoms with E-state index in [2.05, 4.69) is 0 Å². The fourth-order valence-corrected chi connectivity index (χ4v) is 6.92. The van der Waals surface area contributed by atoms with Crippen LogP contribution in [0, 0.1) is 18.8 Å². The second-order valence-electron chi connectivity index (χ2n) is 10.0. The first-order chi connectivity index (χ1) is 17.8. The van der Waals surface area contributed by atoms with Crippen LogP contribution in [0.2, 0.25) is 0 Å². The van der Waals surface area contributed by atoms with Crippen LogP contribution in [0.25, 0.3) is 0 Å². The highest BCUT2D eigenvalue weighted by Gasteiger charge is 2.34. The number of ether oxygens (including phenoxy) is 1. The van der Waals surface area contributed by atoms with Gasteiger partial charge in [0.25, 0.3) is 0 Å². The number of rotatable bonds is 10. The average Bonchev–Trinajstić information content (AvgIpc) is 2.91. The Labute approximate surface area is 220 Å². The number of primary amides is 1. The second kappa shape index (κ2) is 11.9. The van der Waals surface area contributed by atoms with Crippen LogP contribution in [-0.2, 0) is 21.4 Å². The molecule has 1 saturated carbocycles. The maximum absolute atomic E-state index is 13.7. The van der Waals surface area contributed by atoms with Gasteiger partial charge in [-0.25, -0.2) is 8.42 Å². The molecule has 1 fully saturated rings. The van der Waals surface area contributed by atoms with Crippen molar-refractivity contribution in [2.24, 2.45) is 17.6 Å². The Bertz CT molecular complexity index is 1280. The van der Waals surface area contributed by atoms with E-state index in [-0.39, 0.29) is 30.2 Å². The van der Waals surface area contributed by atoms with Crippen LogP contribution < -0.4 is 10.5 Å². The van der Waals surface area contributed by atoms with Crippen molar-refractivity contribution in [1.82, 2.24) is 4.31 Å². The average molecular weight is 521 g/mol. The summed E-state index contributed by atoms with van der Waals surface area (Å²) >= 11 is 0. The summed E-state index contributed by atoms with van der Waals surface area (Å²) in [5, 5.41) is 0. The molecular formula is C30H36N2O4S. The Morgan fingerprint density at radius 2 is 1.65 bits per heavy atom. The normalized spacial score (nSPS) is 18.9. The number of methoxy groups -OCH3 is 1. The van der Waals surface area contributed by atoms with Gasteiger partial charge in [-0.3, -0.25) is 4.79 Å². The molecule has 1 amide bonds. The molecule has 1 atom stereocenters. The maximum Gasteiger partial charge on any atom is 0.243 e. The van der Waals surface area contributed by atoms with Gasteiger partial charge in [-0.05, 0) is 79.8 Å². The topological polar surface area (TPSA) is 89.7 Å². The van der Waals surface area contributed by atoms with Gasteiger partial charge in [-0.15, -0.1) is 0 Å². The number of carbonyl (C=O) groups excluding carboxylic acids is 1. The van der Waals surface area contributed by atoms with Crippen molar-refractivity contribution in [1.29, 1.82) is 0 Å². The lowest BCUT2D eigenvalue weighted by molar-refractivity contribution is -0.121. The van der Waals surface area contributed by atoms with E-state index in [1.54, 1.807) is 35.7 Å². The molecular weight excluding hydrogens is 484 g/mol. The summed E-state index contributed by atoms with van der Waals surface area (Å²) in [4.78, 5) is 12.7. The molecule has 4 rings (SSSR count). The van der Waals surface area contributed by atoms with Gasteiger partial charge < -0.3 is 10.5 Å². The van der Waals surface area contributed by atoms with Crippen molar-refractivity contribution >= 4 is 15.9 Å². The molecule has 0 spiro atoms. The number of amides is 1. The molecule has 2 N–H and O–H groups in total. The van der Waals surface area contributed by atoms with Crippen LogP contribution in [0.15, 0.2) is 83.8 Å². The predicted molar refractivity (Wildman–Crippen MR) is 146 cm³/mol. The summed E-state index contributed by atoms with van der Waals surface area (Å²) in [6, 6.07) is 24.2. The van der Waals surface area contributed by atoms with Gasteiger partial charge in [0, 0.05) is 13.1 Å². The lowest BCUT2D eigenvalue weighted by atomic mass is 9.73. The molecule has 7 heteroatoms. The van der Waals surface area contributed by atoms with Gasteiger partial charge >= 0.3 is 0 Å². The largest absolute Gasteiger partial charge is 0.497 e. The monoisotopic (exact) mass is 520 g/mol. The summed E-state index contributed by atoms with van der Waals surface area (Å²) in [5.74, 6) is 0.450. The van der Waals surface area contributed by atoms with Crippen LogP contribution in [-0.4, -0.2) is 32.3 Å². The number of sulfonamides is 1. The molecule has 37 heavy (non-hydrogen) atoms.